The summed E-state index contributed by atoms with van der Waals surface area (Å²) in [5, 5.41) is 8.75. The number of rotatable bonds is 3. The lowest BCUT2D eigenvalue weighted by Crippen LogP contribution is -2.32. The number of aliphatic hydroxyl groups is 1. The fourth-order valence-corrected chi connectivity index (χ4v) is 1.62. The maximum atomic E-state index is 13.7. The molecule has 1 saturated carbocycles. The molecule has 0 aromatic carbocycles. The number of hydrogen-bond acceptors (Lipinski definition) is 3. The molecule has 1 aromatic rings. The Balaban J connectivity index is 2.19. The highest BCUT2D eigenvalue weighted by molar-refractivity contribution is 5.04. The molecule has 1 heterocycles. The van der Waals surface area contributed by atoms with Gasteiger partial charge in [0.1, 0.15) is 5.67 Å². The number of alkyl halides is 1. The van der Waals surface area contributed by atoms with Crippen molar-refractivity contribution >= 4 is 0 Å². The molecule has 2 rings (SSSR count). The SMILES string of the molecule is O=c1ccn(C[C@]2(F)C[C@H]2CO)c(=O)[nH]1. The van der Waals surface area contributed by atoms with E-state index >= 15 is 0 Å². The van der Waals surface area contributed by atoms with Crippen LogP contribution in [0.5, 0.6) is 0 Å². The van der Waals surface area contributed by atoms with Crippen LogP contribution in [0.15, 0.2) is 21.9 Å². The van der Waals surface area contributed by atoms with Gasteiger partial charge in [0.05, 0.1) is 6.54 Å². The molecule has 5 nitrogen and oxygen atoms in total. The Kier molecular flexibility index (Phi) is 2.22. The Labute approximate surface area is 84.2 Å². The zero-order valence-electron chi connectivity index (χ0n) is 7.94. The van der Waals surface area contributed by atoms with Crippen molar-refractivity contribution in [1.29, 1.82) is 0 Å². The van der Waals surface area contributed by atoms with Gasteiger partial charge in [-0.3, -0.25) is 14.3 Å². The third-order valence-corrected chi connectivity index (χ3v) is 2.71. The van der Waals surface area contributed by atoms with E-state index in [0.29, 0.717) is 0 Å². The molecule has 82 valence electrons. The second kappa shape index (κ2) is 3.30. The lowest BCUT2D eigenvalue weighted by Gasteiger charge is -2.08. The van der Waals surface area contributed by atoms with Gasteiger partial charge >= 0.3 is 5.69 Å². The maximum Gasteiger partial charge on any atom is 0.328 e. The highest BCUT2D eigenvalue weighted by Gasteiger charge is 2.55. The predicted octanol–water partition coefficient (Wildman–Crippen LogP) is -0.743. The van der Waals surface area contributed by atoms with E-state index in [2.05, 4.69) is 0 Å². The molecule has 0 radical (unpaired) electrons. The Hall–Kier alpha value is -1.43. The molecule has 2 N–H and O–H groups in total. The number of nitrogens with one attached hydrogen (secondary N) is 1. The molecule has 0 aliphatic heterocycles. The van der Waals surface area contributed by atoms with Gasteiger partial charge in [-0.1, -0.05) is 0 Å². The van der Waals surface area contributed by atoms with Crippen LogP contribution >= 0.6 is 0 Å². The van der Waals surface area contributed by atoms with Gasteiger partial charge < -0.3 is 5.11 Å². The first kappa shape index (κ1) is 10.1. The van der Waals surface area contributed by atoms with Crippen LogP contribution in [-0.4, -0.2) is 26.9 Å². The van der Waals surface area contributed by atoms with E-state index in [0.717, 1.165) is 4.57 Å². The van der Waals surface area contributed by atoms with Gasteiger partial charge in [0.15, 0.2) is 0 Å². The third-order valence-electron chi connectivity index (χ3n) is 2.71. The molecule has 0 saturated heterocycles. The van der Waals surface area contributed by atoms with E-state index < -0.39 is 22.8 Å². The molecule has 6 heteroatoms. The first-order valence-corrected chi connectivity index (χ1v) is 4.65. The molecule has 1 aliphatic carbocycles. The average Bonchev–Trinajstić information content (AvgIpc) is 2.82. The lowest BCUT2D eigenvalue weighted by atomic mass is 10.3. The standard InChI is InChI=1S/C9H11FN2O3/c10-9(3-6(9)4-13)5-12-2-1-7(14)11-8(12)15/h1-2,6,13H,3-5H2,(H,11,14,15)/t6-,9+/m0/s1. The molecule has 1 aromatic heterocycles. The minimum Gasteiger partial charge on any atom is -0.396 e. The first-order valence-electron chi connectivity index (χ1n) is 4.65. The van der Waals surface area contributed by atoms with Crippen LogP contribution in [0, 0.1) is 5.92 Å². The normalized spacial score (nSPS) is 29.1. The fraction of sp³-hybridized carbons (Fsp3) is 0.556. The van der Waals surface area contributed by atoms with Gasteiger partial charge in [-0.2, -0.15) is 0 Å². The minimum atomic E-state index is -1.50. The van der Waals surface area contributed by atoms with E-state index in [1.165, 1.54) is 12.3 Å². The summed E-state index contributed by atoms with van der Waals surface area (Å²) in [5.74, 6) is -0.392. The van der Waals surface area contributed by atoms with Crippen LogP contribution in [0.1, 0.15) is 6.42 Å². The highest BCUT2D eigenvalue weighted by atomic mass is 19.1. The molecule has 1 fully saturated rings. The second-order valence-electron chi connectivity index (χ2n) is 3.86. The van der Waals surface area contributed by atoms with Crippen molar-refractivity contribution in [3.63, 3.8) is 0 Å². The van der Waals surface area contributed by atoms with Crippen LogP contribution in [0.25, 0.3) is 0 Å². The summed E-state index contributed by atoms with van der Waals surface area (Å²) in [6.07, 6.45) is 1.52. The molecule has 0 unspecified atom stereocenters. The Morgan fingerprint density at radius 1 is 1.67 bits per heavy atom. The quantitative estimate of drug-likeness (QED) is 0.695. The Morgan fingerprint density at radius 3 is 2.93 bits per heavy atom. The van der Waals surface area contributed by atoms with Crippen molar-refractivity contribution in [3.05, 3.63) is 33.1 Å². The zero-order chi connectivity index (χ0) is 11.1. The average molecular weight is 214 g/mol. The largest absolute Gasteiger partial charge is 0.396 e. The van der Waals surface area contributed by atoms with Gasteiger partial charge in [-0.05, 0) is 6.42 Å². The van der Waals surface area contributed by atoms with Crippen molar-refractivity contribution in [2.45, 2.75) is 18.6 Å². The smallest absolute Gasteiger partial charge is 0.328 e. The number of aliphatic hydroxyl groups excluding tert-OH is 1. The van der Waals surface area contributed by atoms with E-state index in [4.69, 9.17) is 5.11 Å². The summed E-state index contributed by atoms with van der Waals surface area (Å²) in [6.45, 7) is -0.331. The van der Waals surface area contributed by atoms with Crippen molar-refractivity contribution < 1.29 is 9.50 Å². The number of hydrogen-bond donors (Lipinski definition) is 2. The fourth-order valence-electron chi connectivity index (χ4n) is 1.62. The highest BCUT2D eigenvalue weighted by Crippen LogP contribution is 2.47. The van der Waals surface area contributed by atoms with E-state index in [-0.39, 0.29) is 19.6 Å². The Morgan fingerprint density at radius 2 is 2.40 bits per heavy atom. The summed E-state index contributed by atoms with van der Waals surface area (Å²) >= 11 is 0. The molecule has 0 spiro atoms. The van der Waals surface area contributed by atoms with Crippen LogP contribution in [-0.2, 0) is 6.54 Å². The molecule has 1 aliphatic rings. The van der Waals surface area contributed by atoms with Crippen LogP contribution in [0.3, 0.4) is 0 Å². The number of aromatic amines is 1. The van der Waals surface area contributed by atoms with E-state index in [1.807, 2.05) is 4.98 Å². The van der Waals surface area contributed by atoms with Crippen LogP contribution < -0.4 is 11.2 Å². The number of halogens is 1. The third kappa shape index (κ3) is 1.85. The summed E-state index contributed by atoms with van der Waals surface area (Å²) in [7, 11) is 0. The molecule has 0 bridgehead atoms. The van der Waals surface area contributed by atoms with Crippen molar-refractivity contribution in [2.75, 3.05) is 6.61 Å². The van der Waals surface area contributed by atoms with Gasteiger partial charge in [-0.15, -0.1) is 0 Å². The molecular formula is C9H11FN2O3. The number of nitrogens with zero attached hydrogens (tertiary/aromatic N) is 1. The van der Waals surface area contributed by atoms with Gasteiger partial charge in [0, 0.05) is 24.8 Å². The minimum absolute atomic E-state index is 0.117. The molecule has 0 amide bonds. The predicted molar refractivity (Wildman–Crippen MR) is 50.4 cm³/mol. The zero-order valence-corrected chi connectivity index (χ0v) is 7.94. The van der Waals surface area contributed by atoms with Crippen molar-refractivity contribution in [1.82, 2.24) is 9.55 Å². The van der Waals surface area contributed by atoms with Crippen LogP contribution in [0.4, 0.5) is 4.39 Å². The van der Waals surface area contributed by atoms with E-state index in [9.17, 15) is 14.0 Å². The Bertz CT molecular complexity index is 481. The number of H-pyrrole nitrogens is 1. The monoisotopic (exact) mass is 214 g/mol. The maximum absolute atomic E-state index is 13.7. The molecule has 2 atom stereocenters. The lowest BCUT2D eigenvalue weighted by molar-refractivity contribution is 0.191. The summed E-state index contributed by atoms with van der Waals surface area (Å²) in [4.78, 5) is 24.0. The van der Waals surface area contributed by atoms with Crippen molar-refractivity contribution in [3.8, 4) is 0 Å². The first-order chi connectivity index (χ1) is 7.05. The summed E-state index contributed by atoms with van der Waals surface area (Å²) < 4.78 is 14.8. The molecule has 15 heavy (non-hydrogen) atoms. The second-order valence-corrected chi connectivity index (χ2v) is 3.86. The van der Waals surface area contributed by atoms with Gasteiger partial charge in [0.2, 0.25) is 0 Å². The molecular weight excluding hydrogens is 203 g/mol. The van der Waals surface area contributed by atoms with Gasteiger partial charge in [0.25, 0.3) is 5.56 Å². The van der Waals surface area contributed by atoms with E-state index in [1.54, 1.807) is 0 Å². The van der Waals surface area contributed by atoms with Crippen LogP contribution in [0.2, 0.25) is 0 Å². The summed E-state index contributed by atoms with van der Waals surface area (Å²) in [6, 6.07) is 1.17. The summed E-state index contributed by atoms with van der Waals surface area (Å²) in [5.41, 5.74) is -2.63. The number of aromatic nitrogens is 2. The topological polar surface area (TPSA) is 75.1 Å². The van der Waals surface area contributed by atoms with Crippen molar-refractivity contribution in [2.24, 2.45) is 5.92 Å². The van der Waals surface area contributed by atoms with Gasteiger partial charge in [-0.25, -0.2) is 9.18 Å².